The Morgan fingerprint density at radius 2 is 2.16 bits per heavy atom. The molecule has 2 saturated heterocycles. The van der Waals surface area contributed by atoms with Crippen LogP contribution in [0.5, 0.6) is 0 Å². The van der Waals surface area contributed by atoms with E-state index in [1.807, 2.05) is 0 Å². The third-order valence-corrected chi connectivity index (χ3v) is 5.76. The molecule has 1 aliphatic carbocycles. The monoisotopic (exact) mass is 336 g/mol. The summed E-state index contributed by atoms with van der Waals surface area (Å²) in [5.41, 5.74) is 5.14. The van der Waals surface area contributed by atoms with E-state index in [0.717, 1.165) is 13.0 Å². The molecule has 0 unspecified atom stereocenters. The number of benzene rings is 1. The molecule has 1 aromatic heterocycles. The Morgan fingerprint density at radius 1 is 1.28 bits per heavy atom. The number of carbonyl (C=O) groups excluding carboxylic acids is 2. The van der Waals surface area contributed by atoms with Crippen molar-refractivity contribution in [2.24, 2.45) is 5.92 Å². The zero-order chi connectivity index (χ0) is 17.1. The number of aromatic amines is 1. The molecule has 3 aliphatic rings. The fourth-order valence-electron chi connectivity index (χ4n) is 4.61. The minimum absolute atomic E-state index is 0.173. The van der Waals surface area contributed by atoms with E-state index in [9.17, 15) is 9.59 Å². The first-order chi connectivity index (χ1) is 12.1. The Kier molecular flexibility index (Phi) is 3.06. The van der Waals surface area contributed by atoms with Crippen molar-refractivity contribution in [2.45, 2.75) is 12.5 Å². The van der Waals surface area contributed by atoms with Gasteiger partial charge < -0.3 is 9.88 Å². The molecule has 0 saturated carbocycles. The van der Waals surface area contributed by atoms with Crippen LogP contribution in [0.4, 0.5) is 4.79 Å². The molecule has 3 heterocycles. The van der Waals surface area contributed by atoms with Crippen LogP contribution in [0.3, 0.4) is 0 Å². The van der Waals surface area contributed by atoms with Crippen molar-refractivity contribution in [2.75, 3.05) is 26.7 Å². The summed E-state index contributed by atoms with van der Waals surface area (Å²) < 4.78 is 0. The quantitative estimate of drug-likeness (QED) is 0.819. The molecule has 5 rings (SSSR count). The van der Waals surface area contributed by atoms with Gasteiger partial charge in [0, 0.05) is 42.1 Å². The summed E-state index contributed by atoms with van der Waals surface area (Å²) in [7, 11) is 2.15. The number of rotatable bonds is 2. The molecular weight excluding hydrogens is 316 g/mol. The Morgan fingerprint density at radius 3 is 2.96 bits per heavy atom. The summed E-state index contributed by atoms with van der Waals surface area (Å²) in [6.07, 6.45) is 5.40. The van der Waals surface area contributed by atoms with Gasteiger partial charge in [-0.3, -0.25) is 15.0 Å². The lowest BCUT2D eigenvalue weighted by Gasteiger charge is -2.20. The number of nitrogens with one attached hydrogen (secondary N) is 2. The minimum atomic E-state index is -0.265. The van der Waals surface area contributed by atoms with Crippen LogP contribution in [0.15, 0.2) is 30.0 Å². The second-order valence-corrected chi connectivity index (χ2v) is 7.32. The van der Waals surface area contributed by atoms with Crippen LogP contribution < -0.4 is 5.32 Å². The molecule has 6 nitrogen and oxygen atoms in total. The fraction of sp³-hybridized carbons (Fsp3) is 0.368. The van der Waals surface area contributed by atoms with Gasteiger partial charge in [-0.05, 0) is 36.2 Å². The number of hydrogen-bond acceptors (Lipinski definition) is 3. The van der Waals surface area contributed by atoms with Gasteiger partial charge in [-0.2, -0.15) is 0 Å². The van der Waals surface area contributed by atoms with Gasteiger partial charge in [-0.25, -0.2) is 4.79 Å². The second kappa shape index (κ2) is 5.20. The molecule has 6 heteroatoms. The Balaban J connectivity index is 1.53. The Hall–Kier alpha value is -2.60. The van der Waals surface area contributed by atoms with Crippen LogP contribution in [-0.2, 0) is 11.2 Å². The van der Waals surface area contributed by atoms with Crippen molar-refractivity contribution in [3.05, 3.63) is 41.1 Å². The standard InChI is InChI=1S/C19H20N4O2/c1-22-8-13(9-23-10-17(24)21-19(23)25)14-5-11-3-2-4-15-18(11)12(7-20-15)6-16(14)22/h2-5,7,13,16,20H,6,8-10H2,1H3,(H,21,24,25)/t13-,16-/m1/s1. The third-order valence-electron chi connectivity index (χ3n) is 5.76. The minimum Gasteiger partial charge on any atom is -0.361 e. The SMILES string of the molecule is CN1C[C@H](CN2CC(=O)NC2=O)C2=Cc3cccc4[nH]cc(c34)C[C@H]21. The van der Waals surface area contributed by atoms with E-state index in [2.05, 4.69) is 52.7 Å². The summed E-state index contributed by atoms with van der Waals surface area (Å²) in [4.78, 5) is 30.8. The average Bonchev–Trinajstić information content (AvgIpc) is 3.16. The van der Waals surface area contributed by atoms with Crippen LogP contribution >= 0.6 is 0 Å². The average molecular weight is 336 g/mol. The zero-order valence-electron chi connectivity index (χ0n) is 14.1. The van der Waals surface area contributed by atoms with Crippen molar-refractivity contribution in [3.63, 3.8) is 0 Å². The number of H-pyrrole nitrogens is 1. The highest BCUT2D eigenvalue weighted by molar-refractivity contribution is 6.02. The largest absolute Gasteiger partial charge is 0.361 e. The van der Waals surface area contributed by atoms with Gasteiger partial charge in [0.1, 0.15) is 6.54 Å². The molecule has 2 atom stereocenters. The molecular formula is C19H20N4O2. The maximum Gasteiger partial charge on any atom is 0.324 e. The topological polar surface area (TPSA) is 68.4 Å². The first kappa shape index (κ1) is 14.7. The molecule has 2 N–H and O–H groups in total. The number of amides is 3. The number of carbonyl (C=O) groups is 2. The number of nitrogens with zero attached hydrogens (tertiary/aromatic N) is 2. The number of likely N-dealkylation sites (N-methyl/N-ethyl adjacent to an activating group) is 1. The highest BCUT2D eigenvalue weighted by Gasteiger charge is 2.39. The van der Waals surface area contributed by atoms with E-state index in [0.29, 0.717) is 12.6 Å². The summed E-state index contributed by atoms with van der Waals surface area (Å²) in [5.74, 6) is 0.0540. The van der Waals surface area contributed by atoms with Gasteiger partial charge in [0.15, 0.2) is 0 Å². The molecule has 1 aromatic carbocycles. The van der Waals surface area contributed by atoms with E-state index in [1.165, 1.54) is 27.6 Å². The maximum atomic E-state index is 11.9. The molecule has 0 bridgehead atoms. The number of likely N-dealkylation sites (tertiary alicyclic amines) is 1. The second-order valence-electron chi connectivity index (χ2n) is 7.32. The predicted octanol–water partition coefficient (Wildman–Crippen LogP) is 1.59. The van der Waals surface area contributed by atoms with Gasteiger partial charge in [-0.15, -0.1) is 0 Å². The summed E-state index contributed by atoms with van der Waals surface area (Å²) in [5, 5.41) is 3.68. The first-order valence-electron chi connectivity index (χ1n) is 8.69. The van der Waals surface area contributed by atoms with Crippen molar-refractivity contribution < 1.29 is 9.59 Å². The number of imide groups is 1. The molecule has 0 radical (unpaired) electrons. The van der Waals surface area contributed by atoms with Gasteiger partial charge in [0.25, 0.3) is 0 Å². The van der Waals surface area contributed by atoms with Crippen molar-refractivity contribution in [3.8, 4) is 0 Å². The number of fused-ring (bicyclic) bond motifs is 1. The zero-order valence-corrected chi connectivity index (χ0v) is 14.1. The smallest absolute Gasteiger partial charge is 0.324 e. The number of urea groups is 1. The highest BCUT2D eigenvalue weighted by Crippen LogP contribution is 2.38. The Labute approximate surface area is 145 Å². The van der Waals surface area contributed by atoms with Gasteiger partial charge >= 0.3 is 6.03 Å². The van der Waals surface area contributed by atoms with Crippen molar-refractivity contribution in [1.82, 2.24) is 20.1 Å². The van der Waals surface area contributed by atoms with Crippen molar-refractivity contribution >= 4 is 28.9 Å². The molecule has 2 fully saturated rings. The lowest BCUT2D eigenvalue weighted by Crippen LogP contribution is -2.34. The molecule has 2 aromatic rings. The van der Waals surface area contributed by atoms with Crippen LogP contribution in [-0.4, -0.2) is 59.4 Å². The number of hydrogen-bond donors (Lipinski definition) is 2. The van der Waals surface area contributed by atoms with Gasteiger partial charge in [0.05, 0.1) is 0 Å². The molecule has 0 spiro atoms. The van der Waals surface area contributed by atoms with E-state index in [-0.39, 0.29) is 24.4 Å². The lowest BCUT2D eigenvalue weighted by molar-refractivity contribution is -0.118. The highest BCUT2D eigenvalue weighted by atomic mass is 16.2. The van der Waals surface area contributed by atoms with Crippen LogP contribution in [0.1, 0.15) is 11.1 Å². The van der Waals surface area contributed by atoms with Gasteiger partial charge in [-0.1, -0.05) is 18.2 Å². The van der Waals surface area contributed by atoms with Crippen LogP contribution in [0.2, 0.25) is 0 Å². The number of aromatic nitrogens is 1. The lowest BCUT2D eigenvalue weighted by atomic mass is 9.94. The van der Waals surface area contributed by atoms with E-state index < -0.39 is 0 Å². The van der Waals surface area contributed by atoms with E-state index in [1.54, 1.807) is 4.90 Å². The molecule has 3 amide bonds. The molecule has 2 aliphatic heterocycles. The van der Waals surface area contributed by atoms with E-state index >= 15 is 0 Å². The molecule has 25 heavy (non-hydrogen) atoms. The van der Waals surface area contributed by atoms with Crippen LogP contribution in [0.25, 0.3) is 17.0 Å². The normalized spacial score (nSPS) is 26.0. The van der Waals surface area contributed by atoms with E-state index in [4.69, 9.17) is 0 Å². The first-order valence-corrected chi connectivity index (χ1v) is 8.69. The molecule has 128 valence electrons. The van der Waals surface area contributed by atoms with Crippen molar-refractivity contribution in [1.29, 1.82) is 0 Å². The predicted molar refractivity (Wildman–Crippen MR) is 95.0 cm³/mol. The summed E-state index contributed by atoms with van der Waals surface area (Å²) in [6, 6.07) is 6.44. The fourth-order valence-corrected chi connectivity index (χ4v) is 4.61. The summed E-state index contributed by atoms with van der Waals surface area (Å²) >= 11 is 0. The third kappa shape index (κ3) is 2.21. The summed E-state index contributed by atoms with van der Waals surface area (Å²) in [6.45, 7) is 1.67. The van der Waals surface area contributed by atoms with Gasteiger partial charge in [0.2, 0.25) is 5.91 Å². The Bertz CT molecular complexity index is 929. The van der Waals surface area contributed by atoms with Crippen LogP contribution in [0, 0.1) is 5.92 Å². The maximum absolute atomic E-state index is 11.9.